The number of halogens is 2. The Balaban J connectivity index is 2.81. The van der Waals surface area contributed by atoms with E-state index in [2.05, 4.69) is 5.32 Å². The van der Waals surface area contributed by atoms with E-state index in [0.717, 1.165) is 0 Å². The van der Waals surface area contributed by atoms with Crippen LogP contribution in [0.15, 0.2) is 30.4 Å². The Morgan fingerprint density at radius 1 is 1.29 bits per heavy atom. The lowest BCUT2D eigenvalue weighted by Crippen LogP contribution is -2.34. The van der Waals surface area contributed by atoms with Crippen molar-refractivity contribution in [1.82, 2.24) is 5.32 Å². The molecule has 0 saturated heterocycles. The molecule has 3 N–H and O–H groups in total. The Bertz CT molecular complexity index is 647. The van der Waals surface area contributed by atoms with Crippen LogP contribution in [0.4, 0.5) is 0 Å². The molecule has 0 saturated carbocycles. The molecule has 1 aromatic carbocycles. The van der Waals surface area contributed by atoms with Gasteiger partial charge in [-0.2, -0.15) is 0 Å². The van der Waals surface area contributed by atoms with Gasteiger partial charge in [-0.3, -0.25) is 9.59 Å². The number of nitrogens with two attached hydrogens (primary N) is 1. The number of hydrogen-bond acceptors (Lipinski definition) is 4. The molecule has 0 radical (unpaired) electrons. The Hall–Kier alpha value is -2.05. The number of rotatable bonds is 8. The summed E-state index contributed by atoms with van der Waals surface area (Å²) in [6.07, 6.45) is 2.96. The molecule has 6 nitrogen and oxygen atoms in total. The summed E-state index contributed by atoms with van der Waals surface area (Å²) in [5.41, 5.74) is 5.43. The molecule has 0 bridgehead atoms. The van der Waals surface area contributed by atoms with E-state index in [1.165, 1.54) is 30.4 Å². The average Bonchev–Trinajstić information content (AvgIpc) is 2.52. The van der Waals surface area contributed by atoms with Crippen molar-refractivity contribution < 1.29 is 19.1 Å². The minimum Gasteiger partial charge on any atom is -0.463 e. The summed E-state index contributed by atoms with van der Waals surface area (Å²) in [4.78, 5) is 34.6. The fraction of sp³-hybridized carbons (Fsp3) is 0.312. The summed E-state index contributed by atoms with van der Waals surface area (Å²) in [6.45, 7) is 1.92. The number of esters is 1. The van der Waals surface area contributed by atoms with Gasteiger partial charge in [0.2, 0.25) is 5.91 Å². The van der Waals surface area contributed by atoms with Crippen LogP contribution in [-0.2, 0) is 14.3 Å². The maximum absolute atomic E-state index is 12.3. The monoisotopic (exact) mass is 372 g/mol. The molecule has 1 atom stereocenters. The smallest absolute Gasteiger partial charge is 0.330 e. The minimum atomic E-state index is -0.566. The molecule has 1 unspecified atom stereocenters. The molecule has 0 heterocycles. The van der Waals surface area contributed by atoms with Gasteiger partial charge >= 0.3 is 5.97 Å². The number of primary amides is 1. The molecule has 0 aliphatic heterocycles. The zero-order valence-corrected chi connectivity index (χ0v) is 14.6. The van der Waals surface area contributed by atoms with Crippen molar-refractivity contribution in [2.45, 2.75) is 25.8 Å². The first-order valence-corrected chi connectivity index (χ1v) is 7.98. The lowest BCUT2D eigenvalue weighted by molar-refractivity contribution is -0.137. The Morgan fingerprint density at radius 2 is 2.00 bits per heavy atom. The first-order valence-electron chi connectivity index (χ1n) is 7.22. The third-order valence-corrected chi connectivity index (χ3v) is 3.69. The molecular formula is C16H18Cl2N2O4. The largest absolute Gasteiger partial charge is 0.463 e. The summed E-state index contributed by atoms with van der Waals surface area (Å²) in [5, 5.41) is 3.27. The van der Waals surface area contributed by atoms with E-state index < -0.39 is 23.8 Å². The number of carbonyl (C=O) groups excluding carboxylic acids is 3. The van der Waals surface area contributed by atoms with Gasteiger partial charge in [-0.1, -0.05) is 29.3 Å². The molecule has 8 heteroatoms. The van der Waals surface area contributed by atoms with Crippen LogP contribution in [0.2, 0.25) is 10.0 Å². The predicted molar refractivity (Wildman–Crippen MR) is 91.9 cm³/mol. The third kappa shape index (κ3) is 7.02. The van der Waals surface area contributed by atoms with Gasteiger partial charge in [0.1, 0.15) is 0 Å². The second-order valence-corrected chi connectivity index (χ2v) is 5.64. The molecular weight excluding hydrogens is 355 g/mol. The third-order valence-electron chi connectivity index (χ3n) is 2.95. The fourth-order valence-corrected chi connectivity index (χ4v) is 2.09. The summed E-state index contributed by atoms with van der Waals surface area (Å²) in [6, 6.07) is 3.89. The maximum atomic E-state index is 12.3. The molecule has 0 aromatic heterocycles. The van der Waals surface area contributed by atoms with Crippen molar-refractivity contribution in [1.29, 1.82) is 0 Å². The average molecular weight is 373 g/mol. The van der Waals surface area contributed by atoms with Crippen molar-refractivity contribution in [3.63, 3.8) is 0 Å². The van der Waals surface area contributed by atoms with Gasteiger partial charge in [0.05, 0.1) is 16.7 Å². The second kappa shape index (κ2) is 9.95. The van der Waals surface area contributed by atoms with Crippen LogP contribution in [0.25, 0.3) is 0 Å². The van der Waals surface area contributed by atoms with Crippen LogP contribution in [0.1, 0.15) is 30.1 Å². The lowest BCUT2D eigenvalue weighted by atomic mass is 10.1. The highest BCUT2D eigenvalue weighted by atomic mass is 35.5. The normalized spacial score (nSPS) is 12.0. The second-order valence-electron chi connectivity index (χ2n) is 4.82. The quantitative estimate of drug-likeness (QED) is 0.540. The van der Waals surface area contributed by atoms with Crippen LogP contribution in [-0.4, -0.2) is 30.4 Å². The van der Waals surface area contributed by atoms with E-state index in [-0.39, 0.29) is 24.5 Å². The fourth-order valence-electron chi connectivity index (χ4n) is 1.79. The maximum Gasteiger partial charge on any atom is 0.330 e. The summed E-state index contributed by atoms with van der Waals surface area (Å²) >= 11 is 11.7. The standard InChI is InChI=1S/C16H18Cl2N2O4/c1-2-24-15(22)8-5-11(4-7-14(19)21)20-16(23)10-3-6-12(17)13(18)9-10/h3,5-6,8-9,11H,2,4,7H2,1H3,(H2,19,21)(H,20,23)/b8-5+. The predicted octanol–water partition coefficient (Wildman–Crippen LogP) is 2.48. The van der Waals surface area contributed by atoms with E-state index in [0.29, 0.717) is 10.6 Å². The van der Waals surface area contributed by atoms with Gasteiger partial charge < -0.3 is 15.8 Å². The van der Waals surface area contributed by atoms with Crippen molar-refractivity contribution in [2.24, 2.45) is 5.73 Å². The number of carbonyl (C=O) groups is 3. The van der Waals surface area contributed by atoms with Crippen LogP contribution >= 0.6 is 23.2 Å². The number of benzene rings is 1. The molecule has 2 amide bonds. The van der Waals surface area contributed by atoms with Crippen molar-refractivity contribution in [2.75, 3.05) is 6.61 Å². The van der Waals surface area contributed by atoms with Crippen LogP contribution in [0.3, 0.4) is 0 Å². The molecule has 0 aliphatic rings. The highest BCUT2D eigenvalue weighted by Gasteiger charge is 2.14. The molecule has 0 fully saturated rings. The topological polar surface area (TPSA) is 98.5 Å². The van der Waals surface area contributed by atoms with E-state index in [1.54, 1.807) is 6.92 Å². The molecule has 0 aliphatic carbocycles. The minimum absolute atomic E-state index is 0.0550. The Morgan fingerprint density at radius 3 is 2.58 bits per heavy atom. The van der Waals surface area contributed by atoms with E-state index in [1.807, 2.05) is 0 Å². The Labute approximate surface area is 149 Å². The van der Waals surface area contributed by atoms with Gasteiger partial charge in [-0.05, 0) is 31.5 Å². The van der Waals surface area contributed by atoms with Gasteiger partial charge in [-0.25, -0.2) is 4.79 Å². The van der Waals surface area contributed by atoms with Gasteiger partial charge in [-0.15, -0.1) is 0 Å². The molecule has 0 spiro atoms. The highest BCUT2D eigenvalue weighted by molar-refractivity contribution is 6.42. The van der Waals surface area contributed by atoms with Crippen molar-refractivity contribution in [3.8, 4) is 0 Å². The zero-order valence-electron chi connectivity index (χ0n) is 13.1. The Kier molecular flexibility index (Phi) is 8.29. The van der Waals surface area contributed by atoms with Crippen LogP contribution in [0, 0.1) is 0 Å². The number of nitrogens with one attached hydrogen (secondary N) is 1. The molecule has 24 heavy (non-hydrogen) atoms. The van der Waals surface area contributed by atoms with Gasteiger partial charge in [0.25, 0.3) is 5.91 Å². The van der Waals surface area contributed by atoms with E-state index in [4.69, 9.17) is 33.7 Å². The number of amides is 2. The first kappa shape index (κ1) is 20.0. The first-order chi connectivity index (χ1) is 11.3. The van der Waals surface area contributed by atoms with Gasteiger partial charge in [0.15, 0.2) is 0 Å². The highest BCUT2D eigenvalue weighted by Crippen LogP contribution is 2.22. The summed E-state index contributed by atoms with van der Waals surface area (Å²) in [5.74, 6) is -1.46. The SMILES string of the molecule is CCOC(=O)/C=C/C(CCC(N)=O)NC(=O)c1ccc(Cl)c(Cl)c1. The molecule has 1 rings (SSSR count). The molecule has 130 valence electrons. The van der Waals surface area contributed by atoms with Crippen LogP contribution in [0.5, 0.6) is 0 Å². The number of hydrogen-bond donors (Lipinski definition) is 2. The lowest BCUT2D eigenvalue weighted by Gasteiger charge is -2.14. The summed E-state index contributed by atoms with van der Waals surface area (Å²) < 4.78 is 4.77. The van der Waals surface area contributed by atoms with E-state index in [9.17, 15) is 14.4 Å². The van der Waals surface area contributed by atoms with Crippen molar-refractivity contribution in [3.05, 3.63) is 46.0 Å². The zero-order chi connectivity index (χ0) is 18.1. The summed E-state index contributed by atoms with van der Waals surface area (Å²) in [7, 11) is 0. The van der Waals surface area contributed by atoms with Gasteiger partial charge in [0, 0.05) is 24.1 Å². The number of ether oxygens (including phenoxy) is 1. The van der Waals surface area contributed by atoms with Crippen LogP contribution < -0.4 is 11.1 Å². The van der Waals surface area contributed by atoms with E-state index >= 15 is 0 Å². The van der Waals surface area contributed by atoms with Crippen molar-refractivity contribution >= 4 is 41.0 Å². The molecule has 1 aromatic rings.